The summed E-state index contributed by atoms with van der Waals surface area (Å²) in [6, 6.07) is 0. The van der Waals surface area contributed by atoms with Crippen molar-refractivity contribution in [3.63, 3.8) is 0 Å². The second kappa shape index (κ2) is 7.78. The molecular formula is C12H21F. The van der Waals surface area contributed by atoms with E-state index in [0.29, 0.717) is 5.57 Å². The molecule has 0 aromatic carbocycles. The number of hydrogen-bond acceptors (Lipinski definition) is 0. The summed E-state index contributed by atoms with van der Waals surface area (Å²) in [4.78, 5) is 0. The normalized spacial score (nSPS) is 11.3. The zero-order chi connectivity index (χ0) is 11.0. The summed E-state index contributed by atoms with van der Waals surface area (Å²) >= 11 is 0. The van der Waals surface area contributed by atoms with Crippen LogP contribution in [0.4, 0.5) is 4.39 Å². The second-order valence-electron chi connectivity index (χ2n) is 2.86. The summed E-state index contributed by atoms with van der Waals surface area (Å²) in [6.45, 7) is 16.6. The molecule has 0 nitrogen and oxygen atoms in total. The lowest BCUT2D eigenvalue weighted by molar-refractivity contribution is 0.608. The maximum atomic E-state index is 12.8. The van der Waals surface area contributed by atoms with E-state index in [1.807, 2.05) is 34.6 Å². The topological polar surface area (TPSA) is 0 Å². The van der Waals surface area contributed by atoms with Crippen LogP contribution in [-0.2, 0) is 0 Å². The SMILES string of the molecule is C=C/C(C)=C(\C(=C)F)C(C)C.CC. The second-order valence-corrected chi connectivity index (χ2v) is 2.86. The Labute approximate surface area is 81.9 Å². The number of halogens is 1. The van der Waals surface area contributed by atoms with Crippen LogP contribution in [0.1, 0.15) is 34.6 Å². The third kappa shape index (κ3) is 5.40. The molecular weight excluding hydrogens is 163 g/mol. The Morgan fingerprint density at radius 1 is 1.31 bits per heavy atom. The van der Waals surface area contributed by atoms with Crippen LogP contribution in [0.15, 0.2) is 36.2 Å². The van der Waals surface area contributed by atoms with Crippen molar-refractivity contribution in [3.8, 4) is 0 Å². The van der Waals surface area contributed by atoms with Gasteiger partial charge in [-0.3, -0.25) is 0 Å². The molecule has 0 aliphatic heterocycles. The molecule has 76 valence electrons. The van der Waals surface area contributed by atoms with Gasteiger partial charge in [0.25, 0.3) is 0 Å². The molecule has 13 heavy (non-hydrogen) atoms. The highest BCUT2D eigenvalue weighted by molar-refractivity contribution is 5.34. The minimum Gasteiger partial charge on any atom is -0.207 e. The van der Waals surface area contributed by atoms with Crippen LogP contribution in [-0.4, -0.2) is 0 Å². The summed E-state index contributed by atoms with van der Waals surface area (Å²) in [7, 11) is 0. The lowest BCUT2D eigenvalue weighted by Crippen LogP contribution is -1.96. The Morgan fingerprint density at radius 3 is 1.77 bits per heavy atom. The van der Waals surface area contributed by atoms with Gasteiger partial charge in [0.1, 0.15) is 5.83 Å². The molecule has 0 amide bonds. The van der Waals surface area contributed by atoms with Gasteiger partial charge in [-0.1, -0.05) is 46.9 Å². The van der Waals surface area contributed by atoms with Crippen molar-refractivity contribution in [2.75, 3.05) is 0 Å². The van der Waals surface area contributed by atoms with E-state index in [1.165, 1.54) is 0 Å². The third-order valence-corrected chi connectivity index (χ3v) is 1.60. The fourth-order valence-electron chi connectivity index (χ4n) is 1.09. The van der Waals surface area contributed by atoms with Crippen molar-refractivity contribution in [2.24, 2.45) is 5.92 Å². The minimum atomic E-state index is -0.350. The van der Waals surface area contributed by atoms with Crippen LogP contribution >= 0.6 is 0 Å². The molecule has 0 aliphatic carbocycles. The molecule has 0 aromatic heterocycles. The number of rotatable bonds is 3. The quantitative estimate of drug-likeness (QED) is 0.560. The fourth-order valence-corrected chi connectivity index (χ4v) is 1.09. The van der Waals surface area contributed by atoms with Crippen LogP contribution in [0.5, 0.6) is 0 Å². The average molecular weight is 184 g/mol. The van der Waals surface area contributed by atoms with E-state index in [-0.39, 0.29) is 11.7 Å². The highest BCUT2D eigenvalue weighted by Gasteiger charge is 2.08. The van der Waals surface area contributed by atoms with Crippen molar-refractivity contribution in [1.82, 2.24) is 0 Å². The summed E-state index contributed by atoms with van der Waals surface area (Å²) in [5, 5.41) is 0. The number of allylic oxidation sites excluding steroid dienone is 4. The van der Waals surface area contributed by atoms with Crippen molar-refractivity contribution >= 4 is 0 Å². The molecule has 0 atom stereocenters. The first-order valence-electron chi connectivity index (χ1n) is 4.68. The first-order chi connectivity index (χ1) is 6.00. The molecule has 0 aromatic rings. The van der Waals surface area contributed by atoms with Gasteiger partial charge in [-0.05, 0) is 24.0 Å². The van der Waals surface area contributed by atoms with E-state index >= 15 is 0 Å². The van der Waals surface area contributed by atoms with E-state index in [2.05, 4.69) is 13.2 Å². The Morgan fingerprint density at radius 2 is 1.69 bits per heavy atom. The summed E-state index contributed by atoms with van der Waals surface area (Å²) < 4.78 is 12.8. The standard InChI is InChI=1S/C10H15F.C2H6/c1-6-8(4)10(7(2)3)9(5)11;1-2/h6-7H,1,5H2,2-4H3;1-2H3/b10-8-;. The molecule has 0 bridgehead atoms. The van der Waals surface area contributed by atoms with Gasteiger partial charge in [0.05, 0.1) is 0 Å². The Balaban J connectivity index is 0. The predicted octanol–water partition coefficient (Wildman–Crippen LogP) is 4.65. The summed E-state index contributed by atoms with van der Waals surface area (Å²) in [6.07, 6.45) is 1.65. The average Bonchev–Trinajstić information content (AvgIpc) is 2.06. The zero-order valence-electron chi connectivity index (χ0n) is 9.45. The predicted molar refractivity (Wildman–Crippen MR) is 59.3 cm³/mol. The molecule has 1 heteroatoms. The molecule has 0 saturated heterocycles. The van der Waals surface area contributed by atoms with Crippen LogP contribution in [0.25, 0.3) is 0 Å². The van der Waals surface area contributed by atoms with Crippen molar-refractivity contribution < 1.29 is 4.39 Å². The van der Waals surface area contributed by atoms with Crippen molar-refractivity contribution in [1.29, 1.82) is 0 Å². The summed E-state index contributed by atoms with van der Waals surface area (Å²) in [5.74, 6) is -0.178. The van der Waals surface area contributed by atoms with Gasteiger partial charge in [-0.2, -0.15) is 0 Å². The van der Waals surface area contributed by atoms with E-state index in [1.54, 1.807) is 6.08 Å². The van der Waals surface area contributed by atoms with Gasteiger partial charge in [-0.15, -0.1) is 0 Å². The molecule has 0 N–H and O–H groups in total. The first kappa shape index (κ1) is 14.7. The Hall–Kier alpha value is -0.850. The Bertz CT molecular complexity index is 197. The van der Waals surface area contributed by atoms with Gasteiger partial charge in [0.2, 0.25) is 0 Å². The maximum absolute atomic E-state index is 12.8. The van der Waals surface area contributed by atoms with Crippen LogP contribution < -0.4 is 0 Å². The Kier molecular flexibility index (Phi) is 8.78. The maximum Gasteiger partial charge on any atom is 0.119 e. The highest BCUT2D eigenvalue weighted by atomic mass is 19.1. The van der Waals surface area contributed by atoms with Gasteiger partial charge in [0, 0.05) is 0 Å². The monoisotopic (exact) mass is 184 g/mol. The highest BCUT2D eigenvalue weighted by Crippen LogP contribution is 2.23. The molecule has 0 saturated carbocycles. The lowest BCUT2D eigenvalue weighted by Gasteiger charge is -2.10. The molecule has 0 unspecified atom stereocenters. The van der Waals surface area contributed by atoms with Crippen LogP contribution in [0, 0.1) is 5.92 Å². The van der Waals surface area contributed by atoms with Crippen LogP contribution in [0.3, 0.4) is 0 Å². The van der Waals surface area contributed by atoms with Gasteiger partial charge in [0.15, 0.2) is 0 Å². The van der Waals surface area contributed by atoms with Gasteiger partial charge >= 0.3 is 0 Å². The zero-order valence-corrected chi connectivity index (χ0v) is 9.45. The summed E-state index contributed by atoms with van der Waals surface area (Å²) in [5.41, 5.74) is 1.53. The van der Waals surface area contributed by atoms with E-state index in [9.17, 15) is 4.39 Å². The first-order valence-corrected chi connectivity index (χ1v) is 4.68. The van der Waals surface area contributed by atoms with E-state index < -0.39 is 0 Å². The molecule has 0 fully saturated rings. The van der Waals surface area contributed by atoms with Gasteiger partial charge < -0.3 is 0 Å². The molecule has 0 radical (unpaired) electrons. The smallest absolute Gasteiger partial charge is 0.119 e. The molecule has 0 spiro atoms. The largest absolute Gasteiger partial charge is 0.207 e. The van der Waals surface area contributed by atoms with Crippen LogP contribution in [0.2, 0.25) is 0 Å². The molecule has 0 heterocycles. The third-order valence-electron chi connectivity index (χ3n) is 1.60. The van der Waals surface area contributed by atoms with E-state index in [4.69, 9.17) is 0 Å². The van der Waals surface area contributed by atoms with Crippen molar-refractivity contribution in [3.05, 3.63) is 36.2 Å². The minimum absolute atomic E-state index is 0.172. The lowest BCUT2D eigenvalue weighted by atomic mass is 9.97. The number of hydrogen-bond donors (Lipinski definition) is 0. The fraction of sp³-hybridized carbons (Fsp3) is 0.500. The molecule has 0 aliphatic rings. The van der Waals surface area contributed by atoms with E-state index in [0.717, 1.165) is 5.57 Å². The van der Waals surface area contributed by atoms with Gasteiger partial charge in [-0.25, -0.2) is 4.39 Å². The van der Waals surface area contributed by atoms with Crippen molar-refractivity contribution in [2.45, 2.75) is 34.6 Å². The molecule has 0 rings (SSSR count).